The highest BCUT2D eigenvalue weighted by Crippen LogP contribution is 2.31. The van der Waals surface area contributed by atoms with Gasteiger partial charge in [-0.25, -0.2) is 4.68 Å². The quantitative estimate of drug-likeness (QED) is 0.817. The zero-order valence-corrected chi connectivity index (χ0v) is 12.9. The van der Waals surface area contributed by atoms with Gasteiger partial charge in [0.1, 0.15) is 5.02 Å². The van der Waals surface area contributed by atoms with Crippen LogP contribution in [0.3, 0.4) is 0 Å². The molecule has 1 aromatic heterocycles. The molecule has 1 aliphatic carbocycles. The van der Waals surface area contributed by atoms with Gasteiger partial charge in [-0.05, 0) is 31.7 Å². The molecule has 1 saturated carbocycles. The average molecular weight is 309 g/mol. The van der Waals surface area contributed by atoms with Crippen LogP contribution in [0.2, 0.25) is 5.02 Å². The van der Waals surface area contributed by atoms with E-state index in [1.54, 1.807) is 12.3 Å². The summed E-state index contributed by atoms with van der Waals surface area (Å²) in [5.41, 5.74) is 0.361. The third-order valence-corrected chi connectivity index (χ3v) is 4.61. The highest BCUT2D eigenvalue weighted by Gasteiger charge is 2.34. The van der Waals surface area contributed by atoms with E-state index in [2.05, 4.69) is 21.9 Å². The molecule has 5 nitrogen and oxygen atoms in total. The minimum absolute atomic E-state index is 0.212. The summed E-state index contributed by atoms with van der Waals surface area (Å²) >= 11 is 6.13. The van der Waals surface area contributed by atoms with E-state index in [-0.39, 0.29) is 10.6 Å². The second kappa shape index (κ2) is 6.20. The Morgan fingerprint density at radius 3 is 3.00 bits per heavy atom. The summed E-state index contributed by atoms with van der Waals surface area (Å²) in [6.07, 6.45) is 7.18. The SMILES string of the molecule is C=CCn1ncc(NCC2CCN(C3CC3)C2)c(Cl)c1=O. The van der Waals surface area contributed by atoms with Gasteiger partial charge in [0.2, 0.25) is 0 Å². The normalized spacial score (nSPS) is 22.4. The molecular weight excluding hydrogens is 288 g/mol. The van der Waals surface area contributed by atoms with Crippen LogP contribution in [0.4, 0.5) is 5.69 Å². The molecule has 1 saturated heterocycles. The zero-order chi connectivity index (χ0) is 14.8. The number of nitrogens with zero attached hydrogens (tertiary/aromatic N) is 3. The van der Waals surface area contributed by atoms with E-state index < -0.39 is 0 Å². The van der Waals surface area contributed by atoms with Crippen molar-refractivity contribution < 1.29 is 0 Å². The van der Waals surface area contributed by atoms with E-state index in [0.717, 1.165) is 19.1 Å². The monoisotopic (exact) mass is 308 g/mol. The molecule has 0 aromatic carbocycles. The Kier molecular flexibility index (Phi) is 4.31. The number of likely N-dealkylation sites (tertiary alicyclic amines) is 1. The van der Waals surface area contributed by atoms with Crippen molar-refractivity contribution in [2.75, 3.05) is 25.0 Å². The van der Waals surface area contributed by atoms with Crippen LogP contribution >= 0.6 is 11.6 Å². The molecule has 1 unspecified atom stereocenters. The maximum absolute atomic E-state index is 12.0. The topological polar surface area (TPSA) is 50.2 Å². The van der Waals surface area contributed by atoms with Crippen LogP contribution in [0.15, 0.2) is 23.6 Å². The van der Waals surface area contributed by atoms with Crippen LogP contribution in [-0.4, -0.2) is 40.4 Å². The Morgan fingerprint density at radius 2 is 2.29 bits per heavy atom. The molecule has 21 heavy (non-hydrogen) atoms. The third-order valence-electron chi connectivity index (χ3n) is 4.25. The van der Waals surface area contributed by atoms with Gasteiger partial charge in [-0.3, -0.25) is 4.79 Å². The molecule has 2 heterocycles. The van der Waals surface area contributed by atoms with Gasteiger partial charge in [-0.15, -0.1) is 6.58 Å². The molecule has 0 amide bonds. The first-order valence-corrected chi connectivity index (χ1v) is 7.91. The predicted molar refractivity (Wildman–Crippen MR) is 84.9 cm³/mol. The fraction of sp³-hybridized carbons (Fsp3) is 0.600. The first-order valence-electron chi connectivity index (χ1n) is 7.53. The fourth-order valence-electron chi connectivity index (χ4n) is 2.90. The summed E-state index contributed by atoms with van der Waals surface area (Å²) in [5.74, 6) is 0.622. The van der Waals surface area contributed by atoms with E-state index in [1.807, 2.05) is 0 Å². The molecule has 6 heteroatoms. The lowest BCUT2D eigenvalue weighted by Gasteiger charge is -2.16. The smallest absolute Gasteiger partial charge is 0.287 e. The molecule has 1 aromatic rings. The number of rotatable bonds is 6. The molecule has 114 valence electrons. The maximum Gasteiger partial charge on any atom is 0.287 e. The first-order chi connectivity index (χ1) is 10.2. The fourth-order valence-corrected chi connectivity index (χ4v) is 3.11. The minimum Gasteiger partial charge on any atom is -0.382 e. The summed E-state index contributed by atoms with van der Waals surface area (Å²) in [4.78, 5) is 14.6. The summed E-state index contributed by atoms with van der Waals surface area (Å²) in [6, 6.07) is 0.836. The summed E-state index contributed by atoms with van der Waals surface area (Å²) < 4.78 is 1.31. The highest BCUT2D eigenvalue weighted by molar-refractivity contribution is 6.32. The number of allylic oxidation sites excluding steroid dienone is 1. The molecule has 0 radical (unpaired) electrons. The lowest BCUT2D eigenvalue weighted by atomic mass is 10.1. The van der Waals surface area contributed by atoms with E-state index in [4.69, 9.17) is 11.6 Å². The zero-order valence-electron chi connectivity index (χ0n) is 12.1. The van der Waals surface area contributed by atoms with E-state index in [1.165, 1.54) is 30.5 Å². The van der Waals surface area contributed by atoms with Crippen molar-refractivity contribution in [1.82, 2.24) is 14.7 Å². The van der Waals surface area contributed by atoms with Gasteiger partial charge in [0.25, 0.3) is 5.56 Å². The Balaban J connectivity index is 1.59. The van der Waals surface area contributed by atoms with Crippen LogP contribution in [0.5, 0.6) is 0 Å². The van der Waals surface area contributed by atoms with Crippen molar-refractivity contribution in [2.45, 2.75) is 31.8 Å². The number of nitrogens with one attached hydrogen (secondary N) is 1. The van der Waals surface area contributed by atoms with E-state index in [9.17, 15) is 4.79 Å². The van der Waals surface area contributed by atoms with Gasteiger partial charge < -0.3 is 10.2 Å². The van der Waals surface area contributed by atoms with Crippen molar-refractivity contribution in [1.29, 1.82) is 0 Å². The van der Waals surface area contributed by atoms with Gasteiger partial charge in [0.05, 0.1) is 18.4 Å². The summed E-state index contributed by atoms with van der Waals surface area (Å²) in [5, 5.41) is 7.60. The molecule has 0 spiro atoms. The van der Waals surface area contributed by atoms with Crippen LogP contribution in [0.1, 0.15) is 19.3 Å². The van der Waals surface area contributed by atoms with Crippen LogP contribution < -0.4 is 10.9 Å². The number of hydrogen-bond donors (Lipinski definition) is 1. The number of halogens is 1. The largest absolute Gasteiger partial charge is 0.382 e. The standard InChI is InChI=1S/C15H21ClN4O/c1-2-6-20-15(21)14(16)13(9-18-20)17-8-11-5-7-19(10-11)12-3-4-12/h2,9,11-12,17H,1,3-8,10H2. The van der Waals surface area contributed by atoms with Crippen molar-refractivity contribution in [3.8, 4) is 0 Å². The molecule has 1 aliphatic heterocycles. The van der Waals surface area contributed by atoms with E-state index in [0.29, 0.717) is 18.2 Å². The van der Waals surface area contributed by atoms with Gasteiger partial charge in [-0.1, -0.05) is 17.7 Å². The second-order valence-electron chi connectivity index (χ2n) is 5.91. The van der Waals surface area contributed by atoms with Gasteiger partial charge in [-0.2, -0.15) is 5.10 Å². The highest BCUT2D eigenvalue weighted by atomic mass is 35.5. The second-order valence-corrected chi connectivity index (χ2v) is 6.29. The number of aromatic nitrogens is 2. The van der Waals surface area contributed by atoms with Crippen molar-refractivity contribution in [3.63, 3.8) is 0 Å². The van der Waals surface area contributed by atoms with Gasteiger partial charge >= 0.3 is 0 Å². The maximum atomic E-state index is 12.0. The lowest BCUT2D eigenvalue weighted by molar-refractivity contribution is 0.316. The Labute approximate surface area is 129 Å². The Hall–Kier alpha value is -1.33. The minimum atomic E-state index is -0.271. The van der Waals surface area contributed by atoms with Crippen LogP contribution in [0.25, 0.3) is 0 Å². The van der Waals surface area contributed by atoms with E-state index >= 15 is 0 Å². The van der Waals surface area contributed by atoms with Crippen molar-refractivity contribution >= 4 is 17.3 Å². The van der Waals surface area contributed by atoms with Crippen molar-refractivity contribution in [3.05, 3.63) is 34.2 Å². The van der Waals surface area contributed by atoms with Gasteiger partial charge in [0.15, 0.2) is 0 Å². The summed E-state index contributed by atoms with van der Waals surface area (Å²) in [7, 11) is 0. The Bertz CT molecular complexity index is 582. The Morgan fingerprint density at radius 1 is 1.48 bits per heavy atom. The van der Waals surface area contributed by atoms with Crippen LogP contribution in [-0.2, 0) is 6.54 Å². The lowest BCUT2D eigenvalue weighted by Crippen LogP contribution is -2.26. The predicted octanol–water partition coefficient (Wildman–Crippen LogP) is 1.98. The summed E-state index contributed by atoms with van der Waals surface area (Å²) in [6.45, 7) is 7.16. The molecule has 1 N–H and O–H groups in total. The van der Waals surface area contributed by atoms with Crippen molar-refractivity contribution in [2.24, 2.45) is 5.92 Å². The van der Waals surface area contributed by atoms with Gasteiger partial charge in [0, 0.05) is 19.1 Å². The molecular formula is C15H21ClN4O. The molecule has 0 bridgehead atoms. The average Bonchev–Trinajstić information content (AvgIpc) is 3.23. The molecule has 3 rings (SSSR count). The molecule has 2 fully saturated rings. The van der Waals surface area contributed by atoms with Crippen LogP contribution in [0, 0.1) is 5.92 Å². The molecule has 2 aliphatic rings. The first kappa shape index (κ1) is 14.6. The molecule has 1 atom stereocenters. The third kappa shape index (κ3) is 3.30. The number of anilines is 1. The number of hydrogen-bond acceptors (Lipinski definition) is 4.